The third kappa shape index (κ3) is 2.43. The third-order valence-electron chi connectivity index (χ3n) is 7.48. The number of hydrogen-bond donors (Lipinski definition) is 0. The van der Waals surface area contributed by atoms with Crippen LogP contribution >= 0.6 is 11.6 Å². The molecule has 3 saturated carbocycles. The predicted octanol–water partition coefficient (Wildman–Crippen LogP) is 6.14. The van der Waals surface area contributed by atoms with Gasteiger partial charge in [0, 0.05) is 16.1 Å². The second-order valence-electron chi connectivity index (χ2n) is 9.34. The van der Waals surface area contributed by atoms with Crippen LogP contribution in [0.25, 0.3) is 17.1 Å². The summed E-state index contributed by atoms with van der Waals surface area (Å²) in [6.45, 7) is 2.10. The molecule has 8 rings (SSSR count). The number of rotatable bonds is 3. The quantitative estimate of drug-likeness (QED) is 0.384. The van der Waals surface area contributed by atoms with Crippen molar-refractivity contribution in [1.82, 2.24) is 14.5 Å². The summed E-state index contributed by atoms with van der Waals surface area (Å²) in [4.78, 5) is 14.0. The molecular weight excluding hydrogens is 420 g/mol. The molecule has 2 bridgehead atoms. The Morgan fingerprint density at radius 2 is 1.94 bits per heavy atom. The van der Waals surface area contributed by atoms with E-state index in [1.165, 1.54) is 31.2 Å². The van der Waals surface area contributed by atoms with Crippen LogP contribution in [0, 0.1) is 5.92 Å². The molecule has 3 fully saturated rings. The van der Waals surface area contributed by atoms with Gasteiger partial charge in [-0.1, -0.05) is 35.9 Å². The molecule has 3 aliphatic carbocycles. The Morgan fingerprint density at radius 1 is 1.09 bits per heavy atom. The van der Waals surface area contributed by atoms with Crippen molar-refractivity contribution in [2.24, 2.45) is 10.9 Å². The zero-order valence-corrected chi connectivity index (χ0v) is 18.4. The Balaban J connectivity index is 1.49. The number of imidazole rings is 1. The van der Waals surface area contributed by atoms with E-state index >= 15 is 0 Å². The average Bonchev–Trinajstić information content (AvgIpc) is 3.38. The number of benzene rings is 2. The fraction of sp³-hybridized carbons (Fsp3) is 0.269. The van der Waals surface area contributed by atoms with Crippen LogP contribution in [0.3, 0.4) is 0 Å². The van der Waals surface area contributed by atoms with Crippen molar-refractivity contribution in [3.05, 3.63) is 88.8 Å². The maximum Gasteiger partial charge on any atom is 0.181 e. The van der Waals surface area contributed by atoms with Gasteiger partial charge in [0.25, 0.3) is 0 Å². The topological polar surface area (TPSA) is 56.2 Å². The van der Waals surface area contributed by atoms with Crippen LogP contribution < -0.4 is 0 Å². The zero-order valence-electron chi connectivity index (χ0n) is 17.6. The minimum Gasteiger partial charge on any atom is -0.442 e. The molecule has 0 radical (unpaired) electrons. The van der Waals surface area contributed by atoms with Gasteiger partial charge in [-0.3, -0.25) is 9.56 Å². The maximum absolute atomic E-state index is 6.68. The van der Waals surface area contributed by atoms with Gasteiger partial charge in [0.15, 0.2) is 12.2 Å². The van der Waals surface area contributed by atoms with E-state index in [2.05, 4.69) is 45.7 Å². The van der Waals surface area contributed by atoms with Gasteiger partial charge in [-0.25, -0.2) is 9.97 Å². The molecule has 4 aliphatic rings. The molecule has 0 amide bonds. The second kappa shape index (κ2) is 6.42. The Hall–Kier alpha value is -3.18. The normalized spacial score (nSPS) is 25.1. The minimum atomic E-state index is -0.144. The number of aliphatic imine (C=N–C) groups is 1. The molecule has 1 aliphatic heterocycles. The number of nitrogens with zero attached hydrogens (tertiary/aromatic N) is 4. The van der Waals surface area contributed by atoms with Crippen molar-refractivity contribution in [1.29, 1.82) is 0 Å². The molecule has 1 atom stereocenters. The molecule has 4 aromatic rings. The van der Waals surface area contributed by atoms with Crippen LogP contribution in [0.2, 0.25) is 5.02 Å². The van der Waals surface area contributed by atoms with Gasteiger partial charge in [0.2, 0.25) is 0 Å². The van der Waals surface area contributed by atoms with Crippen molar-refractivity contribution in [3.63, 3.8) is 0 Å². The van der Waals surface area contributed by atoms with Crippen LogP contribution in [0.1, 0.15) is 54.6 Å². The lowest BCUT2D eigenvalue weighted by atomic mass is 9.42. The van der Waals surface area contributed by atoms with E-state index in [9.17, 15) is 0 Å². The van der Waals surface area contributed by atoms with E-state index in [1.807, 2.05) is 24.5 Å². The Labute approximate surface area is 190 Å². The van der Waals surface area contributed by atoms with E-state index in [-0.39, 0.29) is 6.04 Å². The van der Waals surface area contributed by atoms with Crippen molar-refractivity contribution < 1.29 is 4.42 Å². The first kappa shape index (κ1) is 18.4. The highest BCUT2D eigenvalue weighted by Crippen LogP contribution is 2.65. The summed E-state index contributed by atoms with van der Waals surface area (Å²) in [5.41, 5.74) is 7.60. The third-order valence-corrected chi connectivity index (χ3v) is 7.81. The summed E-state index contributed by atoms with van der Waals surface area (Å²) in [6, 6.07) is 14.7. The first-order valence-electron chi connectivity index (χ1n) is 11.1. The summed E-state index contributed by atoms with van der Waals surface area (Å²) in [7, 11) is 0. The summed E-state index contributed by atoms with van der Waals surface area (Å²) in [5, 5.41) is 0.709. The number of halogens is 1. The van der Waals surface area contributed by atoms with E-state index in [0.717, 1.165) is 39.8 Å². The van der Waals surface area contributed by atoms with E-state index < -0.39 is 0 Å². The molecule has 6 heteroatoms. The first-order valence-corrected chi connectivity index (χ1v) is 11.4. The Kier molecular flexibility index (Phi) is 3.69. The van der Waals surface area contributed by atoms with E-state index in [4.69, 9.17) is 21.0 Å². The van der Waals surface area contributed by atoms with E-state index in [1.54, 1.807) is 6.20 Å². The van der Waals surface area contributed by atoms with Gasteiger partial charge < -0.3 is 4.42 Å². The van der Waals surface area contributed by atoms with Crippen LogP contribution in [0.15, 0.2) is 70.8 Å². The van der Waals surface area contributed by atoms with Crippen LogP contribution in [0.5, 0.6) is 0 Å². The molecule has 158 valence electrons. The Morgan fingerprint density at radius 3 is 2.66 bits per heavy atom. The van der Waals surface area contributed by atoms with Gasteiger partial charge in [0.1, 0.15) is 12.0 Å². The van der Waals surface area contributed by atoms with Crippen molar-refractivity contribution in [3.8, 4) is 17.1 Å². The highest BCUT2D eigenvalue weighted by Gasteiger charge is 2.57. The minimum absolute atomic E-state index is 0.144. The van der Waals surface area contributed by atoms with Gasteiger partial charge in [-0.05, 0) is 61.3 Å². The molecule has 0 N–H and O–H groups in total. The number of oxazole rings is 1. The molecule has 32 heavy (non-hydrogen) atoms. The maximum atomic E-state index is 6.68. The average molecular weight is 441 g/mol. The molecule has 3 heterocycles. The molecule has 0 saturated heterocycles. The summed E-state index contributed by atoms with van der Waals surface area (Å²) in [6.07, 6.45) is 8.94. The molecule has 0 spiro atoms. The van der Waals surface area contributed by atoms with Crippen LogP contribution in [-0.4, -0.2) is 20.2 Å². The fourth-order valence-electron chi connectivity index (χ4n) is 5.76. The number of fused-ring (bicyclic) bond motifs is 3. The SMILES string of the molecule is C[C@@H]1N=C(c2ccccc2Cl)c2cc(C34CC(C3)C4)ccc2-n2cnc(-c3cnco3)c21. The lowest BCUT2D eigenvalue weighted by Gasteiger charge is -2.62. The highest BCUT2D eigenvalue weighted by atomic mass is 35.5. The smallest absolute Gasteiger partial charge is 0.181 e. The van der Waals surface area contributed by atoms with Gasteiger partial charge in [-0.2, -0.15) is 0 Å². The lowest BCUT2D eigenvalue weighted by molar-refractivity contribution is -0.0274. The molecular formula is C26H21ClN4O. The fourth-order valence-corrected chi connectivity index (χ4v) is 5.99. The summed E-state index contributed by atoms with van der Waals surface area (Å²) < 4.78 is 7.74. The molecule has 0 unspecified atom stereocenters. The first-order chi connectivity index (χ1) is 15.6. The van der Waals surface area contributed by atoms with Gasteiger partial charge >= 0.3 is 0 Å². The lowest BCUT2D eigenvalue weighted by Crippen LogP contribution is -2.55. The summed E-state index contributed by atoms with van der Waals surface area (Å²) in [5.74, 6) is 1.57. The molecule has 5 nitrogen and oxygen atoms in total. The molecule has 2 aromatic carbocycles. The van der Waals surface area contributed by atoms with E-state index in [0.29, 0.717) is 16.2 Å². The number of aromatic nitrogens is 3. The van der Waals surface area contributed by atoms with Crippen LogP contribution in [-0.2, 0) is 5.41 Å². The standard InChI is InChI=1S/C26H21ClN4O/c1-15-25-24(22-12-28-14-32-22)29-13-31(25)21-7-6-17(26-9-16(10-26)11-26)8-19(21)23(30-15)18-4-2-3-5-20(18)27/h2-8,12-16H,9-11H2,1H3/t15-,16?,26?/m0/s1. The monoisotopic (exact) mass is 440 g/mol. The number of hydrogen-bond acceptors (Lipinski definition) is 4. The van der Waals surface area contributed by atoms with Crippen LogP contribution in [0.4, 0.5) is 0 Å². The molecule has 2 aromatic heterocycles. The van der Waals surface area contributed by atoms with Crippen molar-refractivity contribution >= 4 is 17.3 Å². The van der Waals surface area contributed by atoms with Gasteiger partial charge in [-0.15, -0.1) is 0 Å². The summed E-state index contributed by atoms with van der Waals surface area (Å²) >= 11 is 6.68. The largest absolute Gasteiger partial charge is 0.442 e. The second-order valence-corrected chi connectivity index (χ2v) is 9.75. The van der Waals surface area contributed by atoms with Crippen molar-refractivity contribution in [2.75, 3.05) is 0 Å². The Bertz CT molecular complexity index is 1380. The highest BCUT2D eigenvalue weighted by molar-refractivity contribution is 6.35. The zero-order chi connectivity index (χ0) is 21.4. The van der Waals surface area contributed by atoms with Crippen molar-refractivity contribution in [2.45, 2.75) is 37.6 Å². The predicted molar refractivity (Wildman–Crippen MR) is 124 cm³/mol. The van der Waals surface area contributed by atoms with Gasteiger partial charge in [0.05, 0.1) is 29.3 Å².